The molecule has 0 spiro atoms. The topological polar surface area (TPSA) is 17.8 Å². The number of fused-ring (bicyclic) bond motifs is 1. The zero-order valence-corrected chi connectivity index (χ0v) is 12.5. The van der Waals surface area contributed by atoms with E-state index < -0.39 is 0 Å². The summed E-state index contributed by atoms with van der Waals surface area (Å²) < 4.78 is 2.10. The van der Waals surface area contributed by atoms with Crippen LogP contribution >= 0.6 is 0 Å². The predicted molar refractivity (Wildman–Crippen MR) is 88.1 cm³/mol. The average Bonchev–Trinajstić information content (AvgIpc) is 2.74. The zero-order chi connectivity index (χ0) is 14.8. The molecule has 0 N–H and O–H groups in total. The molecule has 0 aliphatic rings. The second-order valence-corrected chi connectivity index (χ2v) is 3.57. The van der Waals surface area contributed by atoms with Gasteiger partial charge in [-0.3, -0.25) is 4.98 Å². The van der Waals surface area contributed by atoms with Gasteiger partial charge in [0.25, 0.3) is 0 Å². The molecular weight excluding hydrogens is 232 g/mol. The molecule has 2 aromatic heterocycles. The molecule has 2 rings (SSSR count). The van der Waals surface area contributed by atoms with E-state index in [9.17, 15) is 0 Å². The minimum atomic E-state index is 1.09. The zero-order valence-electron chi connectivity index (χ0n) is 12.5. The number of aromatic nitrogens is 2. The van der Waals surface area contributed by atoms with Gasteiger partial charge < -0.3 is 4.57 Å². The van der Waals surface area contributed by atoms with Crippen LogP contribution < -0.4 is 0 Å². The lowest BCUT2D eigenvalue weighted by Gasteiger charge is -1.98. The fourth-order valence-electron chi connectivity index (χ4n) is 1.80. The SMILES string of the molecule is C=CC.C=Cc1c(C=C)n(C)c2ccncc12.CC. The van der Waals surface area contributed by atoms with Gasteiger partial charge in [0.2, 0.25) is 0 Å². The van der Waals surface area contributed by atoms with Crippen LogP contribution in [0.15, 0.2) is 44.3 Å². The lowest BCUT2D eigenvalue weighted by molar-refractivity contribution is 0.953. The van der Waals surface area contributed by atoms with Crippen LogP contribution in [0.1, 0.15) is 32.0 Å². The Hall–Kier alpha value is -2.09. The number of rotatable bonds is 2. The third-order valence-electron chi connectivity index (χ3n) is 2.48. The molecule has 0 amide bonds. The highest BCUT2D eigenvalue weighted by atomic mass is 14.9. The van der Waals surface area contributed by atoms with Crippen molar-refractivity contribution in [3.8, 4) is 0 Å². The lowest BCUT2D eigenvalue weighted by Crippen LogP contribution is -1.90. The van der Waals surface area contributed by atoms with Crippen molar-refractivity contribution in [2.75, 3.05) is 0 Å². The van der Waals surface area contributed by atoms with Crippen LogP contribution in [0.25, 0.3) is 23.1 Å². The van der Waals surface area contributed by atoms with Crippen LogP contribution in [0, 0.1) is 0 Å². The normalized spacial score (nSPS) is 8.63. The minimum absolute atomic E-state index is 1.09. The third kappa shape index (κ3) is 3.68. The van der Waals surface area contributed by atoms with Crippen molar-refractivity contribution >= 4 is 23.1 Å². The Morgan fingerprint density at radius 2 is 1.74 bits per heavy atom. The Bertz CT molecular complexity index is 548. The summed E-state index contributed by atoms with van der Waals surface area (Å²) >= 11 is 0. The molecule has 0 unspecified atom stereocenters. The summed E-state index contributed by atoms with van der Waals surface area (Å²) in [6, 6.07) is 2.00. The molecule has 2 aromatic rings. The van der Waals surface area contributed by atoms with Crippen LogP contribution in [-0.4, -0.2) is 9.55 Å². The fraction of sp³-hybridized carbons (Fsp3) is 0.235. The Morgan fingerprint density at radius 3 is 2.21 bits per heavy atom. The van der Waals surface area contributed by atoms with Gasteiger partial charge in [0, 0.05) is 36.1 Å². The first kappa shape index (κ1) is 16.9. The van der Waals surface area contributed by atoms with Crippen molar-refractivity contribution in [2.45, 2.75) is 20.8 Å². The standard InChI is InChI=1S/C12H12N2.C3H6.C2H6/c1-4-9-10-8-13-7-6-12(10)14(3)11(9)5-2;1-3-2;1-2/h4-8H,1-2H2,3H3;3H,1H2,2H3;1-2H3. The van der Waals surface area contributed by atoms with E-state index in [-0.39, 0.29) is 0 Å². The Balaban J connectivity index is 0.000000573. The first-order valence-electron chi connectivity index (χ1n) is 6.45. The van der Waals surface area contributed by atoms with Gasteiger partial charge in [-0.25, -0.2) is 0 Å². The summed E-state index contributed by atoms with van der Waals surface area (Å²) in [5.74, 6) is 0. The van der Waals surface area contributed by atoms with E-state index in [2.05, 4.69) is 29.3 Å². The van der Waals surface area contributed by atoms with E-state index in [0.29, 0.717) is 0 Å². The van der Waals surface area contributed by atoms with E-state index in [1.807, 2.05) is 52.2 Å². The molecule has 0 radical (unpaired) electrons. The maximum atomic E-state index is 4.11. The minimum Gasteiger partial charge on any atom is -0.344 e. The second-order valence-electron chi connectivity index (χ2n) is 3.57. The molecule has 2 nitrogen and oxygen atoms in total. The van der Waals surface area contributed by atoms with E-state index >= 15 is 0 Å². The van der Waals surface area contributed by atoms with Crippen LogP contribution in [0.5, 0.6) is 0 Å². The Kier molecular flexibility index (Phi) is 7.94. The van der Waals surface area contributed by atoms with Crippen molar-refractivity contribution in [1.82, 2.24) is 9.55 Å². The quantitative estimate of drug-likeness (QED) is 0.685. The van der Waals surface area contributed by atoms with Gasteiger partial charge in [-0.1, -0.05) is 39.2 Å². The van der Waals surface area contributed by atoms with E-state index in [1.54, 1.807) is 12.3 Å². The van der Waals surface area contributed by atoms with Crippen molar-refractivity contribution in [3.05, 3.63) is 55.5 Å². The molecule has 0 atom stereocenters. The van der Waals surface area contributed by atoms with Crippen molar-refractivity contribution in [2.24, 2.45) is 7.05 Å². The van der Waals surface area contributed by atoms with Gasteiger partial charge in [-0.2, -0.15) is 0 Å². The summed E-state index contributed by atoms with van der Waals surface area (Å²) in [6.07, 6.45) is 9.10. The highest BCUT2D eigenvalue weighted by Gasteiger charge is 2.09. The highest BCUT2D eigenvalue weighted by molar-refractivity contribution is 5.92. The average molecular weight is 256 g/mol. The van der Waals surface area contributed by atoms with Crippen LogP contribution in [-0.2, 0) is 7.05 Å². The second kappa shape index (κ2) is 8.92. The molecule has 2 heteroatoms. The number of pyridine rings is 1. The summed E-state index contributed by atoms with van der Waals surface area (Å²) in [7, 11) is 2.02. The molecule has 102 valence electrons. The first-order valence-corrected chi connectivity index (χ1v) is 6.45. The van der Waals surface area contributed by atoms with E-state index in [0.717, 1.165) is 22.2 Å². The van der Waals surface area contributed by atoms with Gasteiger partial charge in [0.1, 0.15) is 0 Å². The summed E-state index contributed by atoms with van der Waals surface area (Å²) in [4.78, 5) is 4.11. The maximum Gasteiger partial charge on any atom is 0.0519 e. The molecule has 0 aliphatic carbocycles. The Morgan fingerprint density at radius 1 is 1.16 bits per heavy atom. The predicted octanol–water partition coefficient (Wildman–Crippen LogP) is 5.08. The summed E-state index contributed by atoms with van der Waals surface area (Å²) in [5.41, 5.74) is 3.35. The van der Waals surface area contributed by atoms with Gasteiger partial charge in [0.05, 0.1) is 5.52 Å². The number of nitrogens with zero attached hydrogens (tertiary/aromatic N) is 2. The summed E-state index contributed by atoms with van der Waals surface area (Å²) in [5, 5.41) is 1.12. The lowest BCUT2D eigenvalue weighted by atomic mass is 10.1. The van der Waals surface area contributed by atoms with E-state index in [1.165, 1.54) is 0 Å². The Labute approximate surface area is 116 Å². The molecule has 0 saturated carbocycles. The van der Waals surface area contributed by atoms with Crippen molar-refractivity contribution in [1.29, 1.82) is 0 Å². The van der Waals surface area contributed by atoms with Crippen molar-refractivity contribution in [3.63, 3.8) is 0 Å². The third-order valence-corrected chi connectivity index (χ3v) is 2.48. The van der Waals surface area contributed by atoms with E-state index in [4.69, 9.17) is 0 Å². The van der Waals surface area contributed by atoms with Gasteiger partial charge in [0.15, 0.2) is 0 Å². The highest BCUT2D eigenvalue weighted by Crippen LogP contribution is 2.25. The molecule has 0 fully saturated rings. The number of allylic oxidation sites excluding steroid dienone is 1. The number of aryl methyl sites for hydroxylation is 1. The summed E-state index contributed by atoms with van der Waals surface area (Å²) in [6.45, 7) is 16.9. The van der Waals surface area contributed by atoms with Crippen LogP contribution in [0.3, 0.4) is 0 Å². The monoisotopic (exact) mass is 256 g/mol. The maximum absolute atomic E-state index is 4.11. The molecule has 0 aliphatic heterocycles. The largest absolute Gasteiger partial charge is 0.344 e. The first-order chi connectivity index (χ1) is 9.21. The smallest absolute Gasteiger partial charge is 0.0519 e. The molecular formula is C17H24N2. The molecule has 19 heavy (non-hydrogen) atoms. The molecule has 2 heterocycles. The van der Waals surface area contributed by atoms with Gasteiger partial charge in [-0.15, -0.1) is 6.58 Å². The van der Waals surface area contributed by atoms with Gasteiger partial charge in [-0.05, 0) is 19.1 Å². The number of hydrogen-bond donors (Lipinski definition) is 0. The van der Waals surface area contributed by atoms with Gasteiger partial charge >= 0.3 is 0 Å². The molecule has 0 aromatic carbocycles. The van der Waals surface area contributed by atoms with Crippen LogP contribution in [0.2, 0.25) is 0 Å². The van der Waals surface area contributed by atoms with Crippen LogP contribution in [0.4, 0.5) is 0 Å². The molecule has 0 bridgehead atoms. The van der Waals surface area contributed by atoms with Crippen molar-refractivity contribution < 1.29 is 0 Å². The number of hydrogen-bond acceptors (Lipinski definition) is 1. The molecule has 0 saturated heterocycles. The fourth-order valence-corrected chi connectivity index (χ4v) is 1.80.